The zero-order valence-electron chi connectivity index (χ0n) is 21.3. The van der Waals surface area contributed by atoms with Crippen LogP contribution >= 0.6 is 0 Å². The average Bonchev–Trinajstić information content (AvgIpc) is 3.17. The van der Waals surface area contributed by atoms with Gasteiger partial charge in [-0.3, -0.25) is 24.8 Å². The van der Waals surface area contributed by atoms with Crippen LogP contribution in [-0.2, 0) is 19.3 Å². The Balaban J connectivity index is 1.33. The van der Waals surface area contributed by atoms with Gasteiger partial charge in [0.1, 0.15) is 0 Å². The molecule has 0 spiro atoms. The topological polar surface area (TPSA) is 52.9 Å². The predicted molar refractivity (Wildman–Crippen MR) is 138 cm³/mol. The molecule has 1 aliphatic carbocycles. The van der Waals surface area contributed by atoms with Crippen molar-refractivity contribution in [2.24, 2.45) is 0 Å². The number of nitro benzene ring substituents is 1. The average molecular weight is 519 g/mol. The summed E-state index contributed by atoms with van der Waals surface area (Å²) in [6.07, 6.45) is 2.72. The van der Waals surface area contributed by atoms with Crippen molar-refractivity contribution in [1.29, 1.82) is 0 Å². The molecule has 0 N–H and O–H groups in total. The van der Waals surface area contributed by atoms with E-state index < -0.39 is 11.7 Å². The molecule has 1 saturated heterocycles. The van der Waals surface area contributed by atoms with Crippen LogP contribution in [0, 0.1) is 10.1 Å². The third kappa shape index (κ3) is 8.25. The molecule has 0 bridgehead atoms. The van der Waals surface area contributed by atoms with E-state index in [1.165, 1.54) is 43.9 Å². The van der Waals surface area contributed by atoms with Crippen LogP contribution in [0.25, 0.3) is 0 Å². The van der Waals surface area contributed by atoms with Gasteiger partial charge in [-0.2, -0.15) is 13.2 Å². The molecule has 0 radical (unpaired) electrons. The number of benzene rings is 2. The fourth-order valence-corrected chi connectivity index (χ4v) is 5.56. The molecular formula is C28H37F3N4O2. The first-order valence-corrected chi connectivity index (χ1v) is 13.4. The summed E-state index contributed by atoms with van der Waals surface area (Å²) in [5, 5.41) is 11.1. The van der Waals surface area contributed by atoms with E-state index in [4.69, 9.17) is 0 Å². The number of hydrogen-bond acceptors (Lipinski definition) is 5. The Labute approximate surface area is 217 Å². The van der Waals surface area contributed by atoms with Crippen LogP contribution in [0.3, 0.4) is 0 Å². The Bertz CT molecular complexity index is 1020. The van der Waals surface area contributed by atoms with Gasteiger partial charge in [0, 0.05) is 70.5 Å². The van der Waals surface area contributed by atoms with Gasteiger partial charge in [-0.1, -0.05) is 56.0 Å². The smallest absolute Gasteiger partial charge is 0.300 e. The third-order valence-electron chi connectivity index (χ3n) is 7.68. The van der Waals surface area contributed by atoms with E-state index in [1.807, 2.05) is 12.1 Å². The molecule has 6 nitrogen and oxygen atoms in total. The van der Waals surface area contributed by atoms with Crippen molar-refractivity contribution in [2.45, 2.75) is 63.8 Å². The number of hydrogen-bond donors (Lipinski definition) is 0. The third-order valence-corrected chi connectivity index (χ3v) is 7.68. The maximum Gasteiger partial charge on any atom is 0.416 e. The number of piperazine rings is 1. The van der Waals surface area contributed by atoms with Crippen molar-refractivity contribution in [3.63, 3.8) is 0 Å². The Kier molecular flexibility index (Phi) is 9.56. The minimum Gasteiger partial charge on any atom is -0.300 e. The molecule has 2 aromatic carbocycles. The van der Waals surface area contributed by atoms with Crippen molar-refractivity contribution >= 4 is 5.69 Å². The Morgan fingerprint density at radius 3 is 2.22 bits per heavy atom. The molecule has 2 fully saturated rings. The van der Waals surface area contributed by atoms with E-state index in [-0.39, 0.29) is 10.6 Å². The Morgan fingerprint density at radius 2 is 1.54 bits per heavy atom. The van der Waals surface area contributed by atoms with Gasteiger partial charge >= 0.3 is 6.18 Å². The van der Waals surface area contributed by atoms with Gasteiger partial charge in [-0.15, -0.1) is 0 Å². The molecule has 0 atom stereocenters. The lowest BCUT2D eigenvalue weighted by molar-refractivity contribution is -0.384. The van der Waals surface area contributed by atoms with E-state index in [2.05, 4.69) is 14.7 Å². The summed E-state index contributed by atoms with van der Waals surface area (Å²) in [5.41, 5.74) is 1.21. The van der Waals surface area contributed by atoms with E-state index >= 15 is 0 Å². The lowest BCUT2D eigenvalue weighted by atomic mass is 10.0. The van der Waals surface area contributed by atoms with Crippen molar-refractivity contribution < 1.29 is 18.1 Å². The zero-order valence-corrected chi connectivity index (χ0v) is 21.3. The summed E-state index contributed by atoms with van der Waals surface area (Å²) in [7, 11) is 0. The highest BCUT2D eigenvalue weighted by atomic mass is 19.4. The largest absolute Gasteiger partial charge is 0.416 e. The second kappa shape index (κ2) is 12.8. The fraction of sp³-hybridized carbons (Fsp3) is 0.571. The minimum atomic E-state index is -4.33. The molecule has 9 heteroatoms. The highest BCUT2D eigenvalue weighted by Crippen LogP contribution is 2.30. The number of non-ortho nitro benzene ring substituents is 1. The summed E-state index contributed by atoms with van der Waals surface area (Å²) in [5.74, 6) is 0. The van der Waals surface area contributed by atoms with Gasteiger partial charge in [0.25, 0.3) is 5.69 Å². The SMILES string of the molecule is O=[N+]([O-])c1cccc(CN2CCN(CCN(Cc3cccc(C(F)(F)F)c3)C3CCCCCC3)CC2)c1. The minimum absolute atomic E-state index is 0.121. The lowest BCUT2D eigenvalue weighted by Gasteiger charge is -2.37. The standard InChI is InChI=1S/C28H37F3N4O2/c29-28(30,31)25-9-5-7-23(19-25)22-34(26-10-3-1-2-4-11-26)18-17-32-13-15-33(16-14-32)21-24-8-6-12-27(20-24)35(36)37/h5-9,12,19-20,26H,1-4,10-11,13-18,21-22H2. The molecule has 0 aromatic heterocycles. The van der Waals surface area contributed by atoms with Crippen LogP contribution in [0.2, 0.25) is 0 Å². The van der Waals surface area contributed by atoms with E-state index in [0.29, 0.717) is 19.1 Å². The number of nitro groups is 1. The van der Waals surface area contributed by atoms with Crippen LogP contribution < -0.4 is 0 Å². The first-order chi connectivity index (χ1) is 17.8. The van der Waals surface area contributed by atoms with E-state index in [0.717, 1.165) is 69.3 Å². The quantitative estimate of drug-likeness (QED) is 0.233. The Hall–Kier alpha value is -2.49. The number of rotatable bonds is 9. The summed E-state index contributed by atoms with van der Waals surface area (Å²) < 4.78 is 39.8. The molecule has 1 aliphatic heterocycles. The Morgan fingerprint density at radius 1 is 0.892 bits per heavy atom. The second-order valence-corrected chi connectivity index (χ2v) is 10.4. The fourth-order valence-electron chi connectivity index (χ4n) is 5.56. The summed E-state index contributed by atoms with van der Waals surface area (Å²) >= 11 is 0. The predicted octanol–water partition coefficient (Wildman–Crippen LogP) is 5.96. The van der Waals surface area contributed by atoms with Gasteiger partial charge in [0.2, 0.25) is 0 Å². The van der Waals surface area contributed by atoms with Gasteiger partial charge in [-0.05, 0) is 30.0 Å². The first kappa shape index (κ1) is 27.5. The van der Waals surface area contributed by atoms with E-state index in [1.54, 1.807) is 12.1 Å². The molecule has 0 unspecified atom stereocenters. The van der Waals surface area contributed by atoms with Gasteiger partial charge in [0.15, 0.2) is 0 Å². The maximum atomic E-state index is 13.3. The van der Waals surface area contributed by atoms with Crippen LogP contribution in [0.1, 0.15) is 55.2 Å². The first-order valence-electron chi connectivity index (χ1n) is 13.4. The molecule has 0 amide bonds. The monoisotopic (exact) mass is 518 g/mol. The van der Waals surface area contributed by atoms with Crippen molar-refractivity contribution in [1.82, 2.24) is 14.7 Å². The highest BCUT2D eigenvalue weighted by Gasteiger charge is 2.31. The highest BCUT2D eigenvalue weighted by molar-refractivity contribution is 5.34. The zero-order chi connectivity index (χ0) is 26.3. The summed E-state index contributed by atoms with van der Waals surface area (Å²) in [6, 6.07) is 13.0. The summed E-state index contributed by atoms with van der Waals surface area (Å²) in [6.45, 7) is 6.57. The molecule has 2 aliphatic rings. The normalized spacial score (nSPS) is 18.7. The lowest BCUT2D eigenvalue weighted by Crippen LogP contribution is -2.49. The maximum absolute atomic E-state index is 13.3. The second-order valence-electron chi connectivity index (χ2n) is 10.4. The molecule has 2 aromatic rings. The number of halogens is 3. The molecule has 202 valence electrons. The summed E-state index contributed by atoms with van der Waals surface area (Å²) in [4.78, 5) is 17.9. The van der Waals surface area contributed by atoms with Crippen molar-refractivity contribution in [2.75, 3.05) is 39.3 Å². The molecule has 1 saturated carbocycles. The van der Waals surface area contributed by atoms with Gasteiger partial charge < -0.3 is 0 Å². The van der Waals surface area contributed by atoms with Gasteiger partial charge in [0.05, 0.1) is 10.5 Å². The van der Waals surface area contributed by atoms with Crippen molar-refractivity contribution in [3.05, 3.63) is 75.3 Å². The number of alkyl halides is 3. The van der Waals surface area contributed by atoms with E-state index in [9.17, 15) is 23.3 Å². The molecule has 4 rings (SSSR count). The van der Waals surface area contributed by atoms with Crippen LogP contribution in [0.5, 0.6) is 0 Å². The van der Waals surface area contributed by atoms with Crippen LogP contribution in [0.4, 0.5) is 18.9 Å². The van der Waals surface area contributed by atoms with Crippen LogP contribution in [0.15, 0.2) is 48.5 Å². The molecule has 37 heavy (non-hydrogen) atoms. The molecular weight excluding hydrogens is 481 g/mol. The van der Waals surface area contributed by atoms with Crippen molar-refractivity contribution in [3.8, 4) is 0 Å². The van der Waals surface area contributed by atoms with Gasteiger partial charge in [-0.25, -0.2) is 0 Å². The van der Waals surface area contributed by atoms with Crippen LogP contribution in [-0.4, -0.2) is 64.9 Å². The molecule has 1 heterocycles. The number of nitrogens with zero attached hydrogens (tertiary/aromatic N) is 4.